The molecule has 1 rings (SSSR count). The average Bonchev–Trinajstić information content (AvgIpc) is 2.40. The first-order valence-electron chi connectivity index (χ1n) is 6.58. The second-order valence-electron chi connectivity index (χ2n) is 4.16. The van der Waals surface area contributed by atoms with E-state index < -0.39 is 0 Å². The molecule has 0 radical (unpaired) electrons. The molecule has 1 heterocycles. The van der Waals surface area contributed by atoms with Crippen molar-refractivity contribution < 1.29 is 4.74 Å². The first kappa shape index (κ1) is 14.9. The van der Waals surface area contributed by atoms with Crippen molar-refractivity contribution in [3.8, 4) is 0 Å². The van der Waals surface area contributed by atoms with Crippen LogP contribution in [0.15, 0.2) is 12.4 Å². The van der Waals surface area contributed by atoms with Crippen LogP contribution >= 0.6 is 0 Å². The molecule has 0 aliphatic carbocycles. The molecule has 0 aromatic carbocycles. The number of ether oxygens (including phenoxy) is 1. The number of anilines is 1. The fourth-order valence-electron chi connectivity index (χ4n) is 1.49. The predicted octanol–water partition coefficient (Wildman–Crippen LogP) is 1.45. The molecule has 1 N–H and O–H groups in total. The van der Waals surface area contributed by atoms with Crippen molar-refractivity contribution in [3.63, 3.8) is 0 Å². The predicted molar refractivity (Wildman–Crippen MR) is 73.8 cm³/mol. The zero-order valence-corrected chi connectivity index (χ0v) is 11.6. The molecular weight excluding hydrogens is 228 g/mol. The van der Waals surface area contributed by atoms with Gasteiger partial charge in [0, 0.05) is 26.7 Å². The fraction of sp³-hybridized carbons (Fsp3) is 0.692. The van der Waals surface area contributed by atoms with E-state index >= 15 is 0 Å². The van der Waals surface area contributed by atoms with Gasteiger partial charge in [-0.3, -0.25) is 4.98 Å². The Kier molecular flexibility index (Phi) is 7.29. The van der Waals surface area contributed by atoms with E-state index in [1.54, 1.807) is 0 Å². The van der Waals surface area contributed by atoms with Crippen LogP contribution in [0.5, 0.6) is 0 Å². The maximum absolute atomic E-state index is 5.31. The Labute approximate surface area is 110 Å². The Morgan fingerprint density at radius 2 is 2.11 bits per heavy atom. The van der Waals surface area contributed by atoms with Gasteiger partial charge in [0.1, 0.15) is 5.82 Å². The molecule has 18 heavy (non-hydrogen) atoms. The zero-order chi connectivity index (χ0) is 13.2. The van der Waals surface area contributed by atoms with Crippen molar-refractivity contribution >= 4 is 5.82 Å². The van der Waals surface area contributed by atoms with Crippen LogP contribution in [-0.4, -0.2) is 43.3 Å². The van der Waals surface area contributed by atoms with E-state index in [1.807, 2.05) is 31.3 Å². The lowest BCUT2D eigenvalue weighted by atomic mass is 10.4. The summed E-state index contributed by atoms with van der Waals surface area (Å²) in [5, 5.41) is 3.31. The van der Waals surface area contributed by atoms with Gasteiger partial charge in [0.2, 0.25) is 0 Å². The topological polar surface area (TPSA) is 50.3 Å². The highest BCUT2D eigenvalue weighted by molar-refractivity contribution is 5.34. The van der Waals surface area contributed by atoms with Gasteiger partial charge in [0.05, 0.1) is 24.7 Å². The minimum Gasteiger partial charge on any atom is -0.380 e. The minimum absolute atomic E-state index is 0.717. The maximum Gasteiger partial charge on any atom is 0.146 e. The Hall–Kier alpha value is -1.20. The summed E-state index contributed by atoms with van der Waals surface area (Å²) in [4.78, 5) is 10.8. The molecule has 0 fully saturated rings. The lowest BCUT2D eigenvalue weighted by Crippen LogP contribution is -2.24. The van der Waals surface area contributed by atoms with Crippen molar-refractivity contribution in [3.05, 3.63) is 18.1 Å². The summed E-state index contributed by atoms with van der Waals surface area (Å²) >= 11 is 0. The van der Waals surface area contributed by atoms with Crippen LogP contribution in [-0.2, 0) is 11.3 Å². The van der Waals surface area contributed by atoms with Gasteiger partial charge in [0.25, 0.3) is 0 Å². The second kappa shape index (κ2) is 8.83. The number of aromatic nitrogens is 2. The number of nitrogens with one attached hydrogen (secondary N) is 1. The zero-order valence-electron chi connectivity index (χ0n) is 11.6. The standard InChI is InChI=1S/C13H24N4O/c1-4-6-14-9-12-10-16-13(11-15-12)17(3)7-8-18-5-2/h10-11,14H,4-9H2,1-3H3. The monoisotopic (exact) mass is 252 g/mol. The number of nitrogens with zero attached hydrogens (tertiary/aromatic N) is 3. The third kappa shape index (κ3) is 5.42. The first-order valence-corrected chi connectivity index (χ1v) is 6.58. The molecule has 0 saturated heterocycles. The smallest absolute Gasteiger partial charge is 0.146 e. The van der Waals surface area contributed by atoms with Crippen LogP contribution in [0.2, 0.25) is 0 Å². The minimum atomic E-state index is 0.717. The summed E-state index contributed by atoms with van der Waals surface area (Å²) < 4.78 is 5.31. The Morgan fingerprint density at radius 3 is 2.72 bits per heavy atom. The van der Waals surface area contributed by atoms with E-state index in [9.17, 15) is 0 Å². The normalized spacial score (nSPS) is 10.6. The number of likely N-dealkylation sites (N-methyl/N-ethyl adjacent to an activating group) is 1. The summed E-state index contributed by atoms with van der Waals surface area (Å²) in [5.41, 5.74) is 0.977. The third-order valence-electron chi connectivity index (χ3n) is 2.59. The second-order valence-corrected chi connectivity index (χ2v) is 4.16. The van der Waals surface area contributed by atoms with Crippen molar-refractivity contribution in [1.82, 2.24) is 15.3 Å². The molecule has 0 spiro atoms. The van der Waals surface area contributed by atoms with Crippen LogP contribution in [0.1, 0.15) is 26.0 Å². The quantitative estimate of drug-likeness (QED) is 0.674. The highest BCUT2D eigenvalue weighted by atomic mass is 16.5. The first-order chi connectivity index (χ1) is 8.77. The molecule has 0 aliphatic heterocycles. The molecule has 0 aliphatic rings. The maximum atomic E-state index is 5.31. The van der Waals surface area contributed by atoms with Gasteiger partial charge in [-0.05, 0) is 19.9 Å². The van der Waals surface area contributed by atoms with Gasteiger partial charge in [-0.2, -0.15) is 0 Å². The molecule has 0 bridgehead atoms. The molecule has 5 heteroatoms. The number of hydrogen-bond acceptors (Lipinski definition) is 5. The van der Waals surface area contributed by atoms with E-state index in [4.69, 9.17) is 4.74 Å². The molecule has 0 unspecified atom stereocenters. The van der Waals surface area contributed by atoms with E-state index in [2.05, 4.69) is 22.2 Å². The van der Waals surface area contributed by atoms with Gasteiger partial charge in [-0.15, -0.1) is 0 Å². The van der Waals surface area contributed by atoms with E-state index in [-0.39, 0.29) is 0 Å². The van der Waals surface area contributed by atoms with Crippen molar-refractivity contribution in [2.75, 3.05) is 38.3 Å². The molecule has 102 valence electrons. The summed E-state index contributed by atoms with van der Waals surface area (Å²) in [6.07, 6.45) is 4.77. The lowest BCUT2D eigenvalue weighted by Gasteiger charge is -2.17. The van der Waals surface area contributed by atoms with Crippen molar-refractivity contribution in [2.24, 2.45) is 0 Å². The van der Waals surface area contributed by atoms with Crippen LogP contribution < -0.4 is 10.2 Å². The van der Waals surface area contributed by atoms with Gasteiger partial charge >= 0.3 is 0 Å². The molecule has 0 atom stereocenters. The molecular formula is C13H24N4O. The van der Waals surface area contributed by atoms with Crippen LogP contribution in [0, 0.1) is 0 Å². The van der Waals surface area contributed by atoms with Crippen LogP contribution in [0.3, 0.4) is 0 Å². The van der Waals surface area contributed by atoms with Gasteiger partial charge in [0.15, 0.2) is 0 Å². The Bertz CT molecular complexity index is 315. The Morgan fingerprint density at radius 1 is 1.28 bits per heavy atom. The van der Waals surface area contributed by atoms with Gasteiger partial charge in [-0.1, -0.05) is 6.92 Å². The molecule has 0 saturated carbocycles. The van der Waals surface area contributed by atoms with Crippen LogP contribution in [0.25, 0.3) is 0 Å². The molecule has 1 aromatic rings. The summed E-state index contributed by atoms with van der Waals surface area (Å²) in [7, 11) is 2.00. The summed E-state index contributed by atoms with van der Waals surface area (Å²) in [6.45, 7) is 8.24. The third-order valence-corrected chi connectivity index (χ3v) is 2.59. The fourth-order valence-corrected chi connectivity index (χ4v) is 1.49. The van der Waals surface area contributed by atoms with E-state index in [1.165, 1.54) is 0 Å². The average molecular weight is 252 g/mol. The van der Waals surface area contributed by atoms with Gasteiger partial charge < -0.3 is 15.0 Å². The summed E-state index contributed by atoms with van der Waals surface area (Å²) in [6, 6.07) is 0. The van der Waals surface area contributed by atoms with Crippen LogP contribution in [0.4, 0.5) is 5.82 Å². The van der Waals surface area contributed by atoms with Crippen molar-refractivity contribution in [1.29, 1.82) is 0 Å². The largest absolute Gasteiger partial charge is 0.380 e. The lowest BCUT2D eigenvalue weighted by molar-refractivity contribution is 0.154. The molecule has 0 amide bonds. The summed E-state index contributed by atoms with van der Waals surface area (Å²) in [5.74, 6) is 0.883. The van der Waals surface area contributed by atoms with E-state index in [0.717, 1.165) is 44.2 Å². The SMILES string of the molecule is CCCNCc1cnc(N(C)CCOCC)cn1. The highest BCUT2D eigenvalue weighted by Crippen LogP contribution is 2.06. The van der Waals surface area contributed by atoms with Crippen molar-refractivity contribution in [2.45, 2.75) is 26.8 Å². The molecule has 1 aromatic heterocycles. The molecule has 5 nitrogen and oxygen atoms in total. The Balaban J connectivity index is 2.38. The number of rotatable bonds is 9. The van der Waals surface area contributed by atoms with E-state index in [0.29, 0.717) is 6.61 Å². The van der Waals surface area contributed by atoms with Gasteiger partial charge in [-0.25, -0.2) is 4.98 Å². The number of hydrogen-bond donors (Lipinski definition) is 1. The highest BCUT2D eigenvalue weighted by Gasteiger charge is 2.03.